The summed E-state index contributed by atoms with van der Waals surface area (Å²) in [4.78, 5) is 0.160. The van der Waals surface area contributed by atoms with Crippen molar-refractivity contribution >= 4 is 15.7 Å². The second-order valence-electron chi connectivity index (χ2n) is 4.42. The van der Waals surface area contributed by atoms with Gasteiger partial charge in [0, 0.05) is 5.69 Å². The molecule has 2 aromatic rings. The minimum absolute atomic E-state index is 0.115. The second kappa shape index (κ2) is 5.07. The number of nitrogen functional groups attached to an aromatic ring is 1. The Hall–Kier alpha value is -1.79. The molecular formula is C13H16N2O3S. The molecule has 0 amide bonds. The average Bonchev–Trinajstić information content (AvgIpc) is 2.71. The van der Waals surface area contributed by atoms with E-state index in [0.717, 1.165) is 11.3 Å². The van der Waals surface area contributed by atoms with Crippen LogP contribution < -0.4 is 10.5 Å². The summed E-state index contributed by atoms with van der Waals surface area (Å²) in [7, 11) is -3.58. The minimum Gasteiger partial charge on any atom is -0.465 e. The molecule has 19 heavy (non-hydrogen) atoms. The van der Waals surface area contributed by atoms with E-state index in [4.69, 9.17) is 10.2 Å². The normalized spacial score (nSPS) is 11.7. The van der Waals surface area contributed by atoms with Gasteiger partial charge >= 0.3 is 0 Å². The molecule has 5 nitrogen and oxygen atoms in total. The SMILES string of the molecule is Cc1cc(N)cc(S(=O)(=O)NCc2ccc(C)o2)c1. The average molecular weight is 280 g/mol. The zero-order chi connectivity index (χ0) is 14.0. The van der Waals surface area contributed by atoms with E-state index < -0.39 is 10.0 Å². The number of hydrogen-bond donors (Lipinski definition) is 2. The lowest BCUT2D eigenvalue weighted by Gasteiger charge is -2.07. The topological polar surface area (TPSA) is 85.3 Å². The Kier molecular flexibility index (Phi) is 3.64. The monoisotopic (exact) mass is 280 g/mol. The number of aryl methyl sites for hydroxylation is 2. The van der Waals surface area contributed by atoms with Crippen LogP contribution in [0.4, 0.5) is 5.69 Å². The van der Waals surface area contributed by atoms with Gasteiger partial charge in [-0.25, -0.2) is 13.1 Å². The Labute approximate surface area is 112 Å². The first-order valence-electron chi connectivity index (χ1n) is 5.79. The quantitative estimate of drug-likeness (QED) is 0.838. The predicted octanol–water partition coefficient (Wildman–Crippen LogP) is 1.96. The van der Waals surface area contributed by atoms with Gasteiger partial charge in [-0.15, -0.1) is 0 Å². The maximum Gasteiger partial charge on any atom is 0.241 e. The van der Waals surface area contributed by atoms with E-state index in [1.54, 1.807) is 38.1 Å². The summed E-state index contributed by atoms with van der Waals surface area (Å²) in [5.41, 5.74) is 6.88. The Morgan fingerprint density at radius 2 is 1.95 bits per heavy atom. The minimum atomic E-state index is -3.58. The van der Waals surface area contributed by atoms with Gasteiger partial charge in [0.1, 0.15) is 11.5 Å². The molecular weight excluding hydrogens is 264 g/mol. The standard InChI is InChI=1S/C13H16N2O3S/c1-9-5-11(14)7-13(6-9)19(16,17)15-8-12-4-3-10(2)18-12/h3-7,15H,8,14H2,1-2H3. The smallest absolute Gasteiger partial charge is 0.241 e. The van der Waals surface area contributed by atoms with Crippen molar-refractivity contribution in [2.75, 3.05) is 5.73 Å². The fraction of sp³-hybridized carbons (Fsp3) is 0.231. The van der Waals surface area contributed by atoms with E-state index in [1.807, 2.05) is 0 Å². The van der Waals surface area contributed by atoms with Crippen molar-refractivity contribution in [3.63, 3.8) is 0 Å². The van der Waals surface area contributed by atoms with Crippen LogP contribution in [0.15, 0.2) is 39.6 Å². The molecule has 1 aromatic heterocycles. The third-order valence-electron chi connectivity index (χ3n) is 2.62. The van der Waals surface area contributed by atoms with Gasteiger partial charge < -0.3 is 10.2 Å². The van der Waals surface area contributed by atoms with E-state index in [0.29, 0.717) is 11.4 Å². The van der Waals surface area contributed by atoms with Gasteiger partial charge in [-0.2, -0.15) is 0 Å². The zero-order valence-corrected chi connectivity index (χ0v) is 11.6. The molecule has 102 valence electrons. The summed E-state index contributed by atoms with van der Waals surface area (Å²) >= 11 is 0. The summed E-state index contributed by atoms with van der Waals surface area (Å²) in [5.74, 6) is 1.32. The summed E-state index contributed by atoms with van der Waals surface area (Å²) in [6.45, 7) is 3.72. The number of benzene rings is 1. The Balaban J connectivity index is 2.18. The third-order valence-corrected chi connectivity index (χ3v) is 4.00. The van der Waals surface area contributed by atoms with E-state index >= 15 is 0 Å². The van der Waals surface area contributed by atoms with Crippen LogP contribution in [-0.4, -0.2) is 8.42 Å². The molecule has 2 rings (SSSR count). The van der Waals surface area contributed by atoms with Crippen molar-refractivity contribution in [3.05, 3.63) is 47.4 Å². The van der Waals surface area contributed by atoms with Gasteiger partial charge in [0.2, 0.25) is 10.0 Å². The van der Waals surface area contributed by atoms with Crippen molar-refractivity contribution in [1.82, 2.24) is 4.72 Å². The van der Waals surface area contributed by atoms with Crippen LogP contribution in [0, 0.1) is 13.8 Å². The highest BCUT2D eigenvalue weighted by Crippen LogP contribution is 2.16. The molecule has 1 aromatic carbocycles. The maximum absolute atomic E-state index is 12.1. The highest BCUT2D eigenvalue weighted by Gasteiger charge is 2.15. The molecule has 0 unspecified atom stereocenters. The van der Waals surface area contributed by atoms with Crippen LogP contribution in [0.3, 0.4) is 0 Å². The van der Waals surface area contributed by atoms with Crippen LogP contribution in [0.25, 0.3) is 0 Å². The molecule has 0 aliphatic rings. The summed E-state index contributed by atoms with van der Waals surface area (Å²) in [5, 5.41) is 0. The van der Waals surface area contributed by atoms with Crippen LogP contribution in [-0.2, 0) is 16.6 Å². The summed E-state index contributed by atoms with van der Waals surface area (Å²) in [6, 6.07) is 8.25. The fourth-order valence-corrected chi connectivity index (χ4v) is 2.89. The highest BCUT2D eigenvalue weighted by molar-refractivity contribution is 7.89. The predicted molar refractivity (Wildman–Crippen MR) is 73.1 cm³/mol. The van der Waals surface area contributed by atoms with E-state index in [1.165, 1.54) is 6.07 Å². The molecule has 1 heterocycles. The number of nitrogens with two attached hydrogens (primary N) is 1. The number of hydrogen-bond acceptors (Lipinski definition) is 4. The molecule has 0 bridgehead atoms. The van der Waals surface area contributed by atoms with Gasteiger partial charge in [-0.3, -0.25) is 0 Å². The van der Waals surface area contributed by atoms with Gasteiger partial charge in [0.25, 0.3) is 0 Å². The van der Waals surface area contributed by atoms with Crippen molar-refractivity contribution < 1.29 is 12.8 Å². The number of nitrogens with one attached hydrogen (secondary N) is 1. The Bertz CT molecular complexity index is 669. The maximum atomic E-state index is 12.1. The molecule has 0 aliphatic carbocycles. The molecule has 3 N–H and O–H groups in total. The third kappa shape index (κ3) is 3.36. The van der Waals surface area contributed by atoms with Crippen LogP contribution in [0.5, 0.6) is 0 Å². The Morgan fingerprint density at radius 1 is 1.21 bits per heavy atom. The zero-order valence-electron chi connectivity index (χ0n) is 10.8. The van der Waals surface area contributed by atoms with Crippen molar-refractivity contribution in [2.45, 2.75) is 25.3 Å². The lowest BCUT2D eigenvalue weighted by Crippen LogP contribution is -2.23. The van der Waals surface area contributed by atoms with E-state index in [2.05, 4.69) is 4.72 Å². The first kappa shape index (κ1) is 13.6. The number of furan rings is 1. The first-order valence-corrected chi connectivity index (χ1v) is 7.27. The van der Waals surface area contributed by atoms with E-state index in [-0.39, 0.29) is 11.4 Å². The molecule has 0 spiro atoms. The molecule has 6 heteroatoms. The summed E-state index contributed by atoms with van der Waals surface area (Å²) in [6.07, 6.45) is 0. The van der Waals surface area contributed by atoms with Crippen LogP contribution >= 0.6 is 0 Å². The number of anilines is 1. The lowest BCUT2D eigenvalue weighted by atomic mass is 10.2. The number of rotatable bonds is 4. The Morgan fingerprint density at radius 3 is 2.53 bits per heavy atom. The van der Waals surface area contributed by atoms with Gasteiger partial charge in [-0.05, 0) is 49.7 Å². The molecule has 0 aliphatic heterocycles. The number of sulfonamides is 1. The van der Waals surface area contributed by atoms with Gasteiger partial charge in [0.05, 0.1) is 11.4 Å². The molecule has 0 fully saturated rings. The molecule has 0 radical (unpaired) electrons. The van der Waals surface area contributed by atoms with Crippen LogP contribution in [0.2, 0.25) is 0 Å². The van der Waals surface area contributed by atoms with Gasteiger partial charge in [0.15, 0.2) is 0 Å². The van der Waals surface area contributed by atoms with Crippen molar-refractivity contribution in [3.8, 4) is 0 Å². The lowest BCUT2D eigenvalue weighted by molar-refractivity contribution is 0.475. The first-order chi connectivity index (χ1) is 8.87. The highest BCUT2D eigenvalue weighted by atomic mass is 32.2. The fourth-order valence-electron chi connectivity index (χ4n) is 1.76. The second-order valence-corrected chi connectivity index (χ2v) is 6.18. The van der Waals surface area contributed by atoms with Crippen molar-refractivity contribution in [2.24, 2.45) is 0 Å². The summed E-state index contributed by atoms with van der Waals surface area (Å²) < 4.78 is 32.0. The largest absolute Gasteiger partial charge is 0.465 e. The molecule has 0 atom stereocenters. The van der Waals surface area contributed by atoms with Crippen LogP contribution in [0.1, 0.15) is 17.1 Å². The molecule has 0 saturated carbocycles. The van der Waals surface area contributed by atoms with E-state index in [9.17, 15) is 8.42 Å². The molecule has 0 saturated heterocycles. The van der Waals surface area contributed by atoms with Crippen molar-refractivity contribution in [1.29, 1.82) is 0 Å². The van der Waals surface area contributed by atoms with Gasteiger partial charge in [-0.1, -0.05) is 0 Å².